The summed E-state index contributed by atoms with van der Waals surface area (Å²) in [4.78, 5) is 12.8. The minimum Gasteiger partial charge on any atom is -0.496 e. The number of aryl methyl sites for hydroxylation is 1. The van der Waals surface area contributed by atoms with Crippen LogP contribution in [-0.4, -0.2) is 33.2 Å². The molecule has 118 valence electrons. The van der Waals surface area contributed by atoms with E-state index in [2.05, 4.69) is 26.3 Å². The molecule has 0 atom stereocenters. The van der Waals surface area contributed by atoms with Crippen LogP contribution in [0.4, 0.5) is 5.82 Å². The minimum absolute atomic E-state index is 0.764. The molecule has 1 aromatic carbocycles. The molecule has 0 spiro atoms. The molecule has 6 nitrogen and oxygen atoms in total. The number of hydrogen-bond donors (Lipinski definition) is 1. The fourth-order valence-electron chi connectivity index (χ4n) is 2.43. The summed E-state index contributed by atoms with van der Waals surface area (Å²) in [6.07, 6.45) is 6.05. The third kappa shape index (κ3) is 3.48. The third-order valence-corrected chi connectivity index (χ3v) is 3.62. The van der Waals surface area contributed by atoms with Gasteiger partial charge in [0.15, 0.2) is 0 Å². The normalized spacial score (nSPS) is 10.5. The first-order valence-corrected chi connectivity index (χ1v) is 7.46. The van der Waals surface area contributed by atoms with Crippen molar-refractivity contribution in [2.24, 2.45) is 0 Å². The average Bonchev–Trinajstić information content (AvgIpc) is 3.02. The van der Waals surface area contributed by atoms with Crippen molar-refractivity contribution in [1.82, 2.24) is 19.5 Å². The number of rotatable bonds is 6. The Morgan fingerprint density at radius 1 is 1.17 bits per heavy atom. The molecule has 0 fully saturated rings. The lowest BCUT2D eigenvalue weighted by Gasteiger charge is -2.10. The molecule has 6 heteroatoms. The van der Waals surface area contributed by atoms with Crippen LogP contribution < -0.4 is 10.1 Å². The largest absolute Gasteiger partial charge is 0.496 e. The quantitative estimate of drug-likeness (QED) is 0.758. The van der Waals surface area contributed by atoms with E-state index >= 15 is 0 Å². The number of para-hydroxylation sites is 1. The highest BCUT2D eigenvalue weighted by atomic mass is 16.5. The lowest BCUT2D eigenvalue weighted by molar-refractivity contribution is 0.410. The van der Waals surface area contributed by atoms with Crippen LogP contribution in [0.2, 0.25) is 0 Å². The minimum atomic E-state index is 0.764. The van der Waals surface area contributed by atoms with E-state index in [0.717, 1.165) is 36.2 Å². The van der Waals surface area contributed by atoms with Crippen molar-refractivity contribution in [1.29, 1.82) is 0 Å². The second-order valence-electron chi connectivity index (χ2n) is 5.09. The molecule has 3 aromatic rings. The predicted octanol–water partition coefficient (Wildman–Crippen LogP) is 2.63. The first-order valence-electron chi connectivity index (χ1n) is 7.46. The van der Waals surface area contributed by atoms with E-state index in [4.69, 9.17) is 4.74 Å². The Morgan fingerprint density at radius 3 is 2.83 bits per heavy atom. The number of methoxy groups -OCH3 is 1. The standard InChI is InChI=1S/C17H19N5O/c1-13-18-9-10-22(13)17-11-16(20-12-21-17)19-8-7-14-5-3-4-6-15(14)23-2/h3-6,9-12H,7-8H2,1-2H3,(H,19,20,21). The summed E-state index contributed by atoms with van der Waals surface area (Å²) in [5, 5.41) is 3.33. The van der Waals surface area contributed by atoms with E-state index in [1.165, 1.54) is 5.56 Å². The molecule has 0 saturated heterocycles. The van der Waals surface area contributed by atoms with Gasteiger partial charge in [0.05, 0.1) is 7.11 Å². The van der Waals surface area contributed by atoms with E-state index in [0.29, 0.717) is 0 Å². The van der Waals surface area contributed by atoms with Crippen molar-refractivity contribution >= 4 is 5.82 Å². The summed E-state index contributed by atoms with van der Waals surface area (Å²) in [7, 11) is 1.69. The van der Waals surface area contributed by atoms with Crippen molar-refractivity contribution < 1.29 is 4.74 Å². The first kappa shape index (κ1) is 15.0. The summed E-state index contributed by atoms with van der Waals surface area (Å²) < 4.78 is 7.29. The van der Waals surface area contributed by atoms with Crippen molar-refractivity contribution in [2.75, 3.05) is 19.0 Å². The van der Waals surface area contributed by atoms with Crippen LogP contribution in [0.25, 0.3) is 5.82 Å². The van der Waals surface area contributed by atoms with Gasteiger partial charge in [-0.1, -0.05) is 18.2 Å². The monoisotopic (exact) mass is 309 g/mol. The zero-order valence-electron chi connectivity index (χ0n) is 13.2. The molecule has 3 rings (SSSR count). The van der Waals surface area contributed by atoms with Gasteiger partial charge in [-0.2, -0.15) is 0 Å². The van der Waals surface area contributed by atoms with Crippen LogP contribution in [0, 0.1) is 6.92 Å². The van der Waals surface area contributed by atoms with Gasteiger partial charge in [-0.15, -0.1) is 0 Å². The number of benzene rings is 1. The maximum Gasteiger partial charge on any atom is 0.143 e. The average molecular weight is 309 g/mol. The summed E-state index contributed by atoms with van der Waals surface area (Å²) in [5.74, 6) is 3.39. The summed E-state index contributed by atoms with van der Waals surface area (Å²) in [6.45, 7) is 2.70. The van der Waals surface area contributed by atoms with Gasteiger partial charge < -0.3 is 10.1 Å². The second kappa shape index (κ2) is 6.91. The SMILES string of the molecule is COc1ccccc1CCNc1cc(-n2ccnc2C)ncn1. The highest BCUT2D eigenvalue weighted by molar-refractivity contribution is 5.41. The molecule has 1 N–H and O–H groups in total. The predicted molar refractivity (Wildman–Crippen MR) is 89.1 cm³/mol. The van der Waals surface area contributed by atoms with Gasteiger partial charge in [0.1, 0.15) is 29.5 Å². The lowest BCUT2D eigenvalue weighted by Crippen LogP contribution is -2.08. The Labute approximate surface area is 135 Å². The fourth-order valence-corrected chi connectivity index (χ4v) is 2.43. The van der Waals surface area contributed by atoms with Gasteiger partial charge in [0.25, 0.3) is 0 Å². The first-order chi connectivity index (χ1) is 11.3. The highest BCUT2D eigenvalue weighted by Gasteiger charge is 2.05. The smallest absolute Gasteiger partial charge is 0.143 e. The van der Waals surface area contributed by atoms with E-state index in [1.54, 1.807) is 19.6 Å². The molecule has 2 heterocycles. The zero-order valence-corrected chi connectivity index (χ0v) is 13.2. The number of ether oxygens (including phenoxy) is 1. The van der Waals surface area contributed by atoms with E-state index < -0.39 is 0 Å². The third-order valence-electron chi connectivity index (χ3n) is 3.62. The van der Waals surface area contributed by atoms with E-state index in [1.807, 2.05) is 42.0 Å². The van der Waals surface area contributed by atoms with Gasteiger partial charge in [-0.25, -0.2) is 15.0 Å². The van der Waals surface area contributed by atoms with Gasteiger partial charge in [-0.05, 0) is 25.0 Å². The number of nitrogens with zero attached hydrogens (tertiary/aromatic N) is 4. The van der Waals surface area contributed by atoms with Gasteiger partial charge in [-0.3, -0.25) is 4.57 Å². The molecule has 0 aliphatic heterocycles. The Kier molecular flexibility index (Phi) is 4.52. The fraction of sp³-hybridized carbons (Fsp3) is 0.235. The number of anilines is 1. The lowest BCUT2D eigenvalue weighted by atomic mass is 10.1. The Balaban J connectivity index is 1.66. The summed E-state index contributed by atoms with van der Waals surface area (Å²) >= 11 is 0. The van der Waals surface area contributed by atoms with Crippen LogP contribution >= 0.6 is 0 Å². The number of aromatic nitrogens is 4. The molecule has 0 unspecified atom stereocenters. The maximum atomic E-state index is 5.37. The topological polar surface area (TPSA) is 64.9 Å². The maximum absolute atomic E-state index is 5.37. The van der Waals surface area contributed by atoms with E-state index in [9.17, 15) is 0 Å². The Morgan fingerprint density at radius 2 is 2.04 bits per heavy atom. The van der Waals surface area contributed by atoms with Crippen LogP contribution in [0.3, 0.4) is 0 Å². The molecule has 0 saturated carbocycles. The van der Waals surface area contributed by atoms with Crippen molar-refractivity contribution in [3.8, 4) is 11.6 Å². The molecular formula is C17H19N5O. The van der Waals surface area contributed by atoms with Crippen LogP contribution in [0.1, 0.15) is 11.4 Å². The number of nitrogens with one attached hydrogen (secondary N) is 1. The molecule has 2 aromatic heterocycles. The second-order valence-corrected chi connectivity index (χ2v) is 5.09. The van der Waals surface area contributed by atoms with Crippen molar-refractivity contribution in [3.05, 3.63) is 60.4 Å². The number of imidazole rings is 1. The molecule has 0 bridgehead atoms. The molecule has 0 aliphatic rings. The molecule has 0 amide bonds. The summed E-state index contributed by atoms with van der Waals surface area (Å²) in [5.41, 5.74) is 1.17. The van der Waals surface area contributed by atoms with Crippen LogP contribution in [-0.2, 0) is 6.42 Å². The molecule has 23 heavy (non-hydrogen) atoms. The Hall–Kier alpha value is -2.89. The number of hydrogen-bond acceptors (Lipinski definition) is 5. The molecule has 0 radical (unpaired) electrons. The van der Waals surface area contributed by atoms with Crippen LogP contribution in [0.5, 0.6) is 5.75 Å². The summed E-state index contributed by atoms with van der Waals surface area (Å²) in [6, 6.07) is 9.94. The van der Waals surface area contributed by atoms with Gasteiger partial charge in [0.2, 0.25) is 0 Å². The zero-order chi connectivity index (χ0) is 16.1. The van der Waals surface area contributed by atoms with Crippen LogP contribution in [0.15, 0.2) is 49.1 Å². The van der Waals surface area contributed by atoms with Crippen molar-refractivity contribution in [2.45, 2.75) is 13.3 Å². The highest BCUT2D eigenvalue weighted by Crippen LogP contribution is 2.18. The molecular weight excluding hydrogens is 290 g/mol. The molecule has 0 aliphatic carbocycles. The Bertz CT molecular complexity index is 784. The van der Waals surface area contributed by atoms with Crippen molar-refractivity contribution in [3.63, 3.8) is 0 Å². The van der Waals surface area contributed by atoms with Gasteiger partial charge >= 0.3 is 0 Å². The van der Waals surface area contributed by atoms with E-state index in [-0.39, 0.29) is 0 Å². The van der Waals surface area contributed by atoms with Gasteiger partial charge in [0, 0.05) is 25.0 Å².